The second-order valence-electron chi connectivity index (χ2n) is 5.00. The lowest BCUT2D eigenvalue weighted by molar-refractivity contribution is 0.183. The number of halogens is 1. The summed E-state index contributed by atoms with van der Waals surface area (Å²) < 4.78 is 7.18. The third-order valence-electron chi connectivity index (χ3n) is 2.80. The smallest absolute Gasteiger partial charge is 0.120 e. The summed E-state index contributed by atoms with van der Waals surface area (Å²) in [6.45, 7) is 9.50. The molecule has 0 aromatic heterocycles. The van der Waals surface area contributed by atoms with E-state index in [1.807, 2.05) is 12.1 Å². The van der Waals surface area contributed by atoms with Crippen LogP contribution in [0, 0.1) is 6.92 Å². The van der Waals surface area contributed by atoms with Crippen molar-refractivity contribution < 1.29 is 4.74 Å². The quantitative estimate of drug-likeness (QED) is 0.810. The number of nitrogens with one attached hydrogen (secondary N) is 1. The SMILES string of the molecule is CCCC(CNC(C)C)Oc1ccc(Br)c(C)c1. The third kappa shape index (κ3) is 5.40. The van der Waals surface area contributed by atoms with Gasteiger partial charge in [0.1, 0.15) is 11.9 Å². The summed E-state index contributed by atoms with van der Waals surface area (Å²) in [7, 11) is 0. The topological polar surface area (TPSA) is 21.3 Å². The van der Waals surface area contributed by atoms with Gasteiger partial charge < -0.3 is 10.1 Å². The van der Waals surface area contributed by atoms with Crippen LogP contribution in [0.25, 0.3) is 0 Å². The number of aryl methyl sites for hydroxylation is 1. The lowest BCUT2D eigenvalue weighted by atomic mass is 10.2. The fourth-order valence-electron chi connectivity index (χ4n) is 1.77. The van der Waals surface area contributed by atoms with Crippen molar-refractivity contribution in [2.45, 2.75) is 52.7 Å². The summed E-state index contributed by atoms with van der Waals surface area (Å²) >= 11 is 3.51. The molecule has 2 nitrogen and oxygen atoms in total. The first-order valence-corrected chi connectivity index (χ1v) is 7.48. The molecule has 1 rings (SSSR count). The lowest BCUT2D eigenvalue weighted by Gasteiger charge is -2.21. The number of benzene rings is 1. The van der Waals surface area contributed by atoms with Crippen molar-refractivity contribution in [3.8, 4) is 5.75 Å². The predicted octanol–water partition coefficient (Wildman–Crippen LogP) is 4.30. The molecular formula is C15H24BrNO. The molecule has 0 bridgehead atoms. The van der Waals surface area contributed by atoms with Crippen LogP contribution < -0.4 is 10.1 Å². The Morgan fingerprint density at radius 1 is 1.33 bits per heavy atom. The Balaban J connectivity index is 2.61. The molecule has 1 atom stereocenters. The Labute approximate surface area is 119 Å². The summed E-state index contributed by atoms with van der Waals surface area (Å²) in [6.07, 6.45) is 2.47. The maximum absolute atomic E-state index is 6.06. The summed E-state index contributed by atoms with van der Waals surface area (Å²) in [5.41, 5.74) is 1.21. The van der Waals surface area contributed by atoms with Gasteiger partial charge in [0.2, 0.25) is 0 Å². The Bertz CT molecular complexity index is 366. The van der Waals surface area contributed by atoms with Crippen LogP contribution in [0.5, 0.6) is 5.75 Å². The highest BCUT2D eigenvalue weighted by molar-refractivity contribution is 9.10. The van der Waals surface area contributed by atoms with Gasteiger partial charge in [-0.1, -0.05) is 43.1 Å². The minimum absolute atomic E-state index is 0.248. The molecule has 18 heavy (non-hydrogen) atoms. The third-order valence-corrected chi connectivity index (χ3v) is 3.69. The van der Waals surface area contributed by atoms with Crippen molar-refractivity contribution in [1.82, 2.24) is 5.32 Å². The van der Waals surface area contributed by atoms with E-state index in [1.54, 1.807) is 0 Å². The first-order chi connectivity index (χ1) is 8.52. The lowest BCUT2D eigenvalue weighted by Crippen LogP contribution is -2.35. The molecule has 0 radical (unpaired) electrons. The average Bonchev–Trinajstić information content (AvgIpc) is 2.31. The van der Waals surface area contributed by atoms with E-state index in [0.717, 1.165) is 29.6 Å². The molecule has 3 heteroatoms. The summed E-state index contributed by atoms with van der Waals surface area (Å²) in [5.74, 6) is 0.958. The maximum atomic E-state index is 6.06. The van der Waals surface area contributed by atoms with E-state index >= 15 is 0 Å². The van der Waals surface area contributed by atoms with Gasteiger partial charge in [-0.25, -0.2) is 0 Å². The molecule has 0 fully saturated rings. The molecule has 0 saturated carbocycles. The zero-order valence-electron chi connectivity index (χ0n) is 11.8. The minimum atomic E-state index is 0.248. The molecule has 0 saturated heterocycles. The van der Waals surface area contributed by atoms with Crippen molar-refractivity contribution in [3.63, 3.8) is 0 Å². The second kappa shape index (κ2) is 7.80. The largest absolute Gasteiger partial charge is 0.489 e. The first kappa shape index (κ1) is 15.5. The van der Waals surface area contributed by atoms with E-state index in [0.29, 0.717) is 6.04 Å². The highest BCUT2D eigenvalue weighted by atomic mass is 79.9. The fourth-order valence-corrected chi connectivity index (χ4v) is 2.02. The summed E-state index contributed by atoms with van der Waals surface area (Å²) in [6, 6.07) is 6.65. The van der Waals surface area contributed by atoms with Gasteiger partial charge in [-0.15, -0.1) is 0 Å². The molecule has 0 spiro atoms. The van der Waals surface area contributed by atoms with E-state index in [-0.39, 0.29) is 6.10 Å². The molecule has 1 aromatic rings. The van der Waals surface area contributed by atoms with Gasteiger partial charge in [0.15, 0.2) is 0 Å². The highest BCUT2D eigenvalue weighted by Gasteiger charge is 2.10. The van der Waals surface area contributed by atoms with E-state index in [1.165, 1.54) is 5.56 Å². The van der Waals surface area contributed by atoms with Gasteiger partial charge in [-0.3, -0.25) is 0 Å². The Morgan fingerprint density at radius 3 is 2.61 bits per heavy atom. The van der Waals surface area contributed by atoms with Crippen molar-refractivity contribution in [1.29, 1.82) is 0 Å². The van der Waals surface area contributed by atoms with Gasteiger partial charge in [-0.05, 0) is 37.1 Å². The van der Waals surface area contributed by atoms with Gasteiger partial charge in [0, 0.05) is 17.1 Å². The van der Waals surface area contributed by atoms with Crippen LogP contribution in [0.3, 0.4) is 0 Å². The number of ether oxygens (including phenoxy) is 1. The molecule has 1 N–H and O–H groups in total. The second-order valence-corrected chi connectivity index (χ2v) is 5.86. The van der Waals surface area contributed by atoms with E-state index in [9.17, 15) is 0 Å². The zero-order valence-corrected chi connectivity index (χ0v) is 13.4. The van der Waals surface area contributed by atoms with Crippen LogP contribution in [-0.2, 0) is 0 Å². The van der Waals surface area contributed by atoms with Crippen molar-refractivity contribution in [2.75, 3.05) is 6.54 Å². The van der Waals surface area contributed by atoms with Crippen LogP contribution >= 0.6 is 15.9 Å². The fraction of sp³-hybridized carbons (Fsp3) is 0.600. The van der Waals surface area contributed by atoms with Gasteiger partial charge >= 0.3 is 0 Å². The molecule has 0 aliphatic heterocycles. The molecule has 1 unspecified atom stereocenters. The van der Waals surface area contributed by atoms with E-state index in [2.05, 4.69) is 55.0 Å². The first-order valence-electron chi connectivity index (χ1n) is 6.69. The normalized spacial score (nSPS) is 12.8. The Kier molecular flexibility index (Phi) is 6.72. The molecule has 102 valence electrons. The average molecular weight is 314 g/mol. The summed E-state index contributed by atoms with van der Waals surface area (Å²) in [5, 5.41) is 3.44. The van der Waals surface area contributed by atoms with Gasteiger partial charge in [0.25, 0.3) is 0 Å². The molecule has 1 aromatic carbocycles. The number of rotatable bonds is 7. The molecule has 0 aliphatic carbocycles. The van der Waals surface area contributed by atoms with Crippen molar-refractivity contribution >= 4 is 15.9 Å². The minimum Gasteiger partial charge on any atom is -0.489 e. The maximum Gasteiger partial charge on any atom is 0.120 e. The van der Waals surface area contributed by atoms with Crippen LogP contribution in [-0.4, -0.2) is 18.7 Å². The van der Waals surface area contributed by atoms with E-state index < -0.39 is 0 Å². The van der Waals surface area contributed by atoms with E-state index in [4.69, 9.17) is 4.74 Å². The molecule has 0 amide bonds. The van der Waals surface area contributed by atoms with Crippen molar-refractivity contribution in [2.24, 2.45) is 0 Å². The monoisotopic (exact) mass is 313 g/mol. The molecule has 0 heterocycles. The van der Waals surface area contributed by atoms with Crippen LogP contribution in [0.15, 0.2) is 22.7 Å². The van der Waals surface area contributed by atoms with Gasteiger partial charge in [-0.2, -0.15) is 0 Å². The number of hydrogen-bond acceptors (Lipinski definition) is 2. The Morgan fingerprint density at radius 2 is 2.06 bits per heavy atom. The molecular weight excluding hydrogens is 290 g/mol. The van der Waals surface area contributed by atoms with Gasteiger partial charge in [0.05, 0.1) is 0 Å². The predicted molar refractivity (Wildman–Crippen MR) is 81.3 cm³/mol. The standard InChI is InChI=1S/C15H24BrNO/c1-5-6-14(10-17-11(2)3)18-13-7-8-15(16)12(4)9-13/h7-9,11,14,17H,5-6,10H2,1-4H3. The molecule has 0 aliphatic rings. The zero-order chi connectivity index (χ0) is 13.5. The number of hydrogen-bond donors (Lipinski definition) is 1. The van der Waals surface area contributed by atoms with Crippen molar-refractivity contribution in [3.05, 3.63) is 28.2 Å². The van der Waals surface area contributed by atoms with Crippen LogP contribution in [0.4, 0.5) is 0 Å². The summed E-state index contributed by atoms with van der Waals surface area (Å²) in [4.78, 5) is 0. The van der Waals surface area contributed by atoms with Crippen LogP contribution in [0.2, 0.25) is 0 Å². The van der Waals surface area contributed by atoms with Crippen LogP contribution in [0.1, 0.15) is 39.2 Å². The highest BCUT2D eigenvalue weighted by Crippen LogP contribution is 2.22. The Hall–Kier alpha value is -0.540.